The summed E-state index contributed by atoms with van der Waals surface area (Å²) in [7, 11) is 0. The van der Waals surface area contributed by atoms with Crippen molar-refractivity contribution in [3.8, 4) is 0 Å². The van der Waals surface area contributed by atoms with E-state index in [1.54, 1.807) is 0 Å². The van der Waals surface area contributed by atoms with Crippen LogP contribution in [-0.2, 0) is 14.3 Å². The molecule has 0 bridgehead atoms. The lowest BCUT2D eigenvalue weighted by molar-refractivity contribution is -0.153. The second kappa shape index (κ2) is 3.62. The first-order valence-corrected chi connectivity index (χ1v) is 5.71. The summed E-state index contributed by atoms with van der Waals surface area (Å²) in [6.45, 7) is 3.63. The van der Waals surface area contributed by atoms with Crippen LogP contribution in [-0.4, -0.2) is 17.9 Å². The van der Waals surface area contributed by atoms with Gasteiger partial charge in [0.2, 0.25) is 0 Å². The molecule has 0 saturated heterocycles. The minimum absolute atomic E-state index is 0.0353. The number of hydrogen-bond acceptors (Lipinski definition) is 3. The second-order valence-electron chi connectivity index (χ2n) is 5.12. The van der Waals surface area contributed by atoms with E-state index in [9.17, 15) is 9.59 Å². The molecule has 2 aliphatic rings. The van der Waals surface area contributed by atoms with Gasteiger partial charge in [-0.2, -0.15) is 0 Å². The summed E-state index contributed by atoms with van der Waals surface area (Å²) in [5, 5.41) is 0. The highest BCUT2D eigenvalue weighted by molar-refractivity contribution is 5.79. The Kier molecular flexibility index (Phi) is 2.57. The van der Waals surface area contributed by atoms with E-state index in [-0.39, 0.29) is 17.5 Å². The van der Waals surface area contributed by atoms with Crippen molar-refractivity contribution in [2.75, 3.05) is 0 Å². The molecule has 3 nitrogen and oxygen atoms in total. The zero-order chi connectivity index (χ0) is 11.1. The van der Waals surface area contributed by atoms with Crippen LogP contribution in [0.3, 0.4) is 0 Å². The van der Waals surface area contributed by atoms with Crippen LogP contribution in [0.25, 0.3) is 0 Å². The molecule has 84 valence electrons. The van der Waals surface area contributed by atoms with Crippen LogP contribution in [0.15, 0.2) is 0 Å². The van der Waals surface area contributed by atoms with Crippen molar-refractivity contribution in [3.05, 3.63) is 0 Å². The van der Waals surface area contributed by atoms with Gasteiger partial charge in [0.1, 0.15) is 11.9 Å². The van der Waals surface area contributed by atoms with Crippen molar-refractivity contribution >= 4 is 11.8 Å². The van der Waals surface area contributed by atoms with Gasteiger partial charge in [0, 0.05) is 25.2 Å². The first-order chi connectivity index (χ1) is 7.02. The number of carbonyl (C=O) groups excluding carboxylic acids is 2. The molecular weight excluding hydrogens is 192 g/mol. The molecule has 2 aliphatic carbocycles. The molecule has 0 aromatic heterocycles. The lowest BCUT2D eigenvalue weighted by Crippen LogP contribution is -2.39. The zero-order valence-electron chi connectivity index (χ0n) is 9.41. The van der Waals surface area contributed by atoms with Gasteiger partial charge in [0.15, 0.2) is 0 Å². The highest BCUT2D eigenvalue weighted by Gasteiger charge is 2.50. The SMILES string of the molecule is CC(=O)O[C@H]1CC[C@@H]2CC(=O)CC[C@@]21C. The van der Waals surface area contributed by atoms with Crippen molar-refractivity contribution < 1.29 is 14.3 Å². The standard InChI is InChI=1S/C12H18O3/c1-8(13)15-11-4-3-9-7-10(14)5-6-12(9,11)2/h9,11H,3-7H2,1-2H3/t9-,11+,12+/m1/s1. The van der Waals surface area contributed by atoms with Crippen molar-refractivity contribution in [2.24, 2.45) is 11.3 Å². The minimum atomic E-state index is -0.196. The number of carbonyl (C=O) groups is 2. The zero-order valence-corrected chi connectivity index (χ0v) is 9.41. The van der Waals surface area contributed by atoms with Gasteiger partial charge in [-0.3, -0.25) is 9.59 Å². The molecular formula is C12H18O3. The van der Waals surface area contributed by atoms with Crippen LogP contribution < -0.4 is 0 Å². The Morgan fingerprint density at radius 1 is 1.47 bits per heavy atom. The second-order valence-corrected chi connectivity index (χ2v) is 5.12. The smallest absolute Gasteiger partial charge is 0.302 e. The first kappa shape index (κ1) is 10.7. The molecule has 0 aromatic carbocycles. The van der Waals surface area contributed by atoms with Gasteiger partial charge < -0.3 is 4.74 Å². The van der Waals surface area contributed by atoms with Gasteiger partial charge in [0.05, 0.1) is 0 Å². The molecule has 0 heterocycles. The van der Waals surface area contributed by atoms with E-state index < -0.39 is 0 Å². The fourth-order valence-electron chi connectivity index (χ4n) is 3.15. The van der Waals surface area contributed by atoms with Gasteiger partial charge in [-0.15, -0.1) is 0 Å². The van der Waals surface area contributed by atoms with Crippen LogP contribution in [0.4, 0.5) is 0 Å². The molecule has 3 atom stereocenters. The maximum atomic E-state index is 11.4. The van der Waals surface area contributed by atoms with E-state index in [0.29, 0.717) is 24.5 Å². The van der Waals surface area contributed by atoms with Crippen molar-refractivity contribution in [2.45, 2.75) is 52.1 Å². The number of rotatable bonds is 1. The number of Topliss-reactive ketones (excluding diaryl/α,β-unsaturated/α-hetero) is 1. The topological polar surface area (TPSA) is 43.4 Å². The van der Waals surface area contributed by atoms with E-state index in [2.05, 4.69) is 6.92 Å². The Hall–Kier alpha value is -0.860. The molecule has 0 radical (unpaired) electrons. The summed E-state index contributed by atoms with van der Waals surface area (Å²) in [6, 6.07) is 0. The number of ether oxygens (including phenoxy) is 1. The highest BCUT2D eigenvalue weighted by Crippen LogP contribution is 2.52. The fraction of sp³-hybridized carbons (Fsp3) is 0.833. The molecule has 0 N–H and O–H groups in total. The van der Waals surface area contributed by atoms with Gasteiger partial charge >= 0.3 is 5.97 Å². The third-order valence-corrected chi connectivity index (χ3v) is 4.17. The van der Waals surface area contributed by atoms with E-state index >= 15 is 0 Å². The van der Waals surface area contributed by atoms with E-state index in [4.69, 9.17) is 4.74 Å². The van der Waals surface area contributed by atoms with E-state index in [0.717, 1.165) is 19.3 Å². The Bertz CT molecular complexity index is 297. The number of hydrogen-bond donors (Lipinski definition) is 0. The summed E-state index contributed by atoms with van der Waals surface area (Å²) in [5.74, 6) is 0.614. The van der Waals surface area contributed by atoms with E-state index in [1.807, 2.05) is 0 Å². The Balaban J connectivity index is 2.12. The summed E-state index contributed by atoms with van der Waals surface area (Å²) in [5.41, 5.74) is 0.0551. The van der Waals surface area contributed by atoms with Crippen molar-refractivity contribution in [1.82, 2.24) is 0 Å². The van der Waals surface area contributed by atoms with Crippen molar-refractivity contribution in [1.29, 1.82) is 0 Å². The number of ketones is 1. The molecule has 0 spiro atoms. The quantitative estimate of drug-likeness (QED) is 0.622. The van der Waals surface area contributed by atoms with Gasteiger partial charge in [-0.05, 0) is 25.2 Å². The molecule has 0 amide bonds. The van der Waals surface area contributed by atoms with Gasteiger partial charge in [0.25, 0.3) is 0 Å². The summed E-state index contributed by atoms with van der Waals surface area (Å²) < 4.78 is 5.37. The summed E-state index contributed by atoms with van der Waals surface area (Å²) >= 11 is 0. The summed E-state index contributed by atoms with van der Waals surface area (Å²) in [6.07, 6.45) is 4.22. The maximum absolute atomic E-state index is 11.4. The lowest BCUT2D eigenvalue weighted by Gasteiger charge is -2.39. The van der Waals surface area contributed by atoms with Crippen LogP contribution in [0.5, 0.6) is 0 Å². The maximum Gasteiger partial charge on any atom is 0.302 e. The van der Waals surface area contributed by atoms with Crippen LogP contribution in [0, 0.1) is 11.3 Å². The normalized spacial score (nSPS) is 40.0. The van der Waals surface area contributed by atoms with Crippen LogP contribution >= 0.6 is 0 Å². The van der Waals surface area contributed by atoms with Gasteiger partial charge in [-0.25, -0.2) is 0 Å². The average Bonchev–Trinajstić information content (AvgIpc) is 2.44. The van der Waals surface area contributed by atoms with Crippen molar-refractivity contribution in [3.63, 3.8) is 0 Å². The molecule has 15 heavy (non-hydrogen) atoms. The Morgan fingerprint density at radius 2 is 2.20 bits per heavy atom. The van der Waals surface area contributed by atoms with Crippen LogP contribution in [0.1, 0.15) is 46.0 Å². The molecule has 2 fully saturated rings. The molecule has 0 unspecified atom stereocenters. The molecule has 2 rings (SSSR count). The minimum Gasteiger partial charge on any atom is -0.462 e. The lowest BCUT2D eigenvalue weighted by atomic mass is 9.68. The first-order valence-electron chi connectivity index (χ1n) is 5.71. The average molecular weight is 210 g/mol. The molecule has 0 aromatic rings. The predicted molar refractivity (Wildman–Crippen MR) is 55.2 cm³/mol. The van der Waals surface area contributed by atoms with Crippen LogP contribution in [0.2, 0.25) is 0 Å². The molecule has 3 heteroatoms. The predicted octanol–water partition coefficient (Wildman–Crippen LogP) is 2.09. The summed E-state index contributed by atoms with van der Waals surface area (Å²) in [4.78, 5) is 22.4. The van der Waals surface area contributed by atoms with Gasteiger partial charge in [-0.1, -0.05) is 6.92 Å². The number of fused-ring (bicyclic) bond motifs is 1. The highest BCUT2D eigenvalue weighted by atomic mass is 16.5. The molecule has 0 aliphatic heterocycles. The fourth-order valence-corrected chi connectivity index (χ4v) is 3.15. The molecule has 2 saturated carbocycles. The monoisotopic (exact) mass is 210 g/mol. The third kappa shape index (κ3) is 1.80. The number of esters is 1. The third-order valence-electron chi connectivity index (χ3n) is 4.17. The Labute approximate surface area is 90.2 Å². The van der Waals surface area contributed by atoms with E-state index in [1.165, 1.54) is 6.92 Å². The largest absolute Gasteiger partial charge is 0.462 e. The Morgan fingerprint density at radius 3 is 2.87 bits per heavy atom.